The summed E-state index contributed by atoms with van der Waals surface area (Å²) in [5.41, 5.74) is 0. The Balaban J connectivity index is 2.09. The van der Waals surface area contributed by atoms with Crippen LogP contribution in [-0.2, 0) is 0 Å². The molecule has 6 heteroatoms. The van der Waals surface area contributed by atoms with Crippen LogP contribution >= 0.6 is 0 Å². The number of furan rings is 1. The first-order valence-corrected chi connectivity index (χ1v) is 3.91. The van der Waals surface area contributed by atoms with Crippen molar-refractivity contribution in [3.05, 3.63) is 30.0 Å². The molecule has 2 aromatic rings. The van der Waals surface area contributed by atoms with Crippen molar-refractivity contribution in [1.82, 2.24) is 10.1 Å². The highest BCUT2D eigenvalue weighted by Crippen LogP contribution is 2.06. The van der Waals surface area contributed by atoms with Crippen LogP contribution in [0.3, 0.4) is 0 Å². The molecular formula is C8H7N3O3. The molecule has 0 atom stereocenters. The van der Waals surface area contributed by atoms with E-state index < -0.39 is 5.91 Å². The summed E-state index contributed by atoms with van der Waals surface area (Å²) < 4.78 is 9.57. The van der Waals surface area contributed by atoms with Crippen molar-refractivity contribution < 1.29 is 13.7 Å². The molecule has 0 aliphatic carbocycles. The number of hydrogen-bond acceptors (Lipinski definition) is 5. The van der Waals surface area contributed by atoms with Gasteiger partial charge in [0.1, 0.15) is 0 Å². The summed E-state index contributed by atoms with van der Waals surface area (Å²) in [4.78, 5) is 15.2. The summed E-state index contributed by atoms with van der Waals surface area (Å²) in [5.74, 6) is 0.235. The highest BCUT2D eigenvalue weighted by Gasteiger charge is 2.11. The average molecular weight is 193 g/mol. The first-order chi connectivity index (χ1) is 6.75. The number of anilines is 1. The molecule has 0 aliphatic rings. The van der Waals surface area contributed by atoms with E-state index in [9.17, 15) is 4.79 Å². The fourth-order valence-electron chi connectivity index (χ4n) is 0.914. The monoisotopic (exact) mass is 193 g/mol. The van der Waals surface area contributed by atoms with Crippen LogP contribution in [-0.4, -0.2) is 16.0 Å². The maximum atomic E-state index is 11.4. The summed E-state index contributed by atoms with van der Waals surface area (Å²) >= 11 is 0. The Bertz CT molecular complexity index is 432. The molecule has 0 aromatic carbocycles. The molecular weight excluding hydrogens is 186 g/mol. The molecule has 2 heterocycles. The van der Waals surface area contributed by atoms with E-state index >= 15 is 0 Å². The molecule has 2 rings (SSSR count). The van der Waals surface area contributed by atoms with E-state index in [2.05, 4.69) is 15.5 Å². The van der Waals surface area contributed by atoms with Gasteiger partial charge in [0.15, 0.2) is 11.6 Å². The zero-order valence-corrected chi connectivity index (χ0v) is 7.35. The predicted octanol–water partition coefficient (Wildman–Crippen LogP) is 1.22. The van der Waals surface area contributed by atoms with E-state index in [-0.39, 0.29) is 11.8 Å². The molecule has 1 N–H and O–H groups in total. The molecule has 0 spiro atoms. The van der Waals surface area contributed by atoms with Crippen LogP contribution in [0.1, 0.15) is 16.4 Å². The van der Waals surface area contributed by atoms with E-state index in [0.717, 1.165) is 0 Å². The van der Waals surface area contributed by atoms with E-state index in [4.69, 9.17) is 8.94 Å². The van der Waals surface area contributed by atoms with E-state index in [1.54, 1.807) is 19.1 Å². The highest BCUT2D eigenvalue weighted by atomic mass is 16.5. The van der Waals surface area contributed by atoms with Gasteiger partial charge < -0.3 is 8.94 Å². The Morgan fingerprint density at radius 1 is 1.57 bits per heavy atom. The van der Waals surface area contributed by atoms with Crippen molar-refractivity contribution in [3.63, 3.8) is 0 Å². The molecule has 0 saturated heterocycles. The standard InChI is InChI=1S/C8H7N3O3/c1-5-9-8(14-11-5)10-7(12)6-3-2-4-13-6/h2-4H,1H3,(H,9,10,11,12). The van der Waals surface area contributed by atoms with Crippen molar-refractivity contribution in [2.45, 2.75) is 6.92 Å². The number of carbonyl (C=O) groups excluding carboxylic acids is 1. The van der Waals surface area contributed by atoms with Crippen molar-refractivity contribution in [2.24, 2.45) is 0 Å². The molecule has 2 aromatic heterocycles. The van der Waals surface area contributed by atoms with Gasteiger partial charge in [0, 0.05) is 0 Å². The number of hydrogen-bond donors (Lipinski definition) is 1. The third kappa shape index (κ3) is 1.63. The predicted molar refractivity (Wildman–Crippen MR) is 45.7 cm³/mol. The normalized spacial score (nSPS) is 10.1. The van der Waals surface area contributed by atoms with Crippen LogP contribution in [0, 0.1) is 6.92 Å². The van der Waals surface area contributed by atoms with Crippen LogP contribution in [0.2, 0.25) is 0 Å². The van der Waals surface area contributed by atoms with Crippen molar-refractivity contribution in [2.75, 3.05) is 5.32 Å². The van der Waals surface area contributed by atoms with Crippen molar-refractivity contribution in [3.8, 4) is 0 Å². The second-order valence-corrected chi connectivity index (χ2v) is 2.58. The van der Waals surface area contributed by atoms with E-state index in [1.165, 1.54) is 6.26 Å². The number of aromatic nitrogens is 2. The Labute approximate surface area is 78.9 Å². The molecule has 0 aliphatic heterocycles. The van der Waals surface area contributed by atoms with E-state index in [1.807, 2.05) is 0 Å². The summed E-state index contributed by atoms with van der Waals surface area (Å²) in [6.45, 7) is 1.66. The van der Waals surface area contributed by atoms with Gasteiger partial charge >= 0.3 is 6.01 Å². The molecule has 0 bridgehead atoms. The lowest BCUT2D eigenvalue weighted by atomic mass is 10.4. The van der Waals surface area contributed by atoms with Gasteiger partial charge in [0.05, 0.1) is 6.26 Å². The largest absolute Gasteiger partial charge is 0.459 e. The van der Waals surface area contributed by atoms with Crippen molar-refractivity contribution in [1.29, 1.82) is 0 Å². The van der Waals surface area contributed by atoms with Gasteiger partial charge in [-0.3, -0.25) is 10.1 Å². The fourth-order valence-corrected chi connectivity index (χ4v) is 0.914. The third-order valence-electron chi connectivity index (χ3n) is 1.49. The molecule has 0 fully saturated rings. The Morgan fingerprint density at radius 3 is 3.00 bits per heavy atom. The zero-order chi connectivity index (χ0) is 9.97. The van der Waals surface area contributed by atoms with Gasteiger partial charge in [0.2, 0.25) is 0 Å². The van der Waals surface area contributed by atoms with Crippen molar-refractivity contribution >= 4 is 11.9 Å². The summed E-state index contributed by atoms with van der Waals surface area (Å²) in [7, 11) is 0. The molecule has 6 nitrogen and oxygen atoms in total. The maximum absolute atomic E-state index is 11.4. The molecule has 0 radical (unpaired) electrons. The summed E-state index contributed by atoms with van der Waals surface area (Å²) in [6, 6.07) is 3.22. The van der Waals surface area contributed by atoms with Crippen LogP contribution < -0.4 is 5.32 Å². The van der Waals surface area contributed by atoms with Gasteiger partial charge in [-0.15, -0.1) is 0 Å². The highest BCUT2D eigenvalue weighted by molar-refractivity contribution is 6.00. The number of amides is 1. The Hall–Kier alpha value is -2.11. The minimum absolute atomic E-state index is 0.0592. The molecule has 1 amide bonds. The van der Waals surface area contributed by atoms with Crippen LogP contribution in [0.25, 0.3) is 0 Å². The van der Waals surface area contributed by atoms with Crippen LogP contribution in [0.4, 0.5) is 6.01 Å². The third-order valence-corrected chi connectivity index (χ3v) is 1.49. The minimum atomic E-state index is -0.418. The van der Waals surface area contributed by atoms with Gasteiger partial charge in [0.25, 0.3) is 5.91 Å². The average Bonchev–Trinajstić information content (AvgIpc) is 2.75. The number of nitrogens with one attached hydrogen (secondary N) is 1. The summed E-state index contributed by atoms with van der Waals surface area (Å²) in [5, 5.41) is 5.91. The quantitative estimate of drug-likeness (QED) is 0.775. The Morgan fingerprint density at radius 2 is 2.43 bits per heavy atom. The van der Waals surface area contributed by atoms with Gasteiger partial charge in [-0.1, -0.05) is 5.16 Å². The Kier molecular flexibility index (Phi) is 2.02. The summed E-state index contributed by atoms with van der Waals surface area (Å²) in [6.07, 6.45) is 1.41. The second-order valence-electron chi connectivity index (χ2n) is 2.58. The van der Waals surface area contributed by atoms with Gasteiger partial charge in [-0.05, 0) is 19.1 Å². The lowest BCUT2D eigenvalue weighted by Gasteiger charge is -1.94. The maximum Gasteiger partial charge on any atom is 0.328 e. The minimum Gasteiger partial charge on any atom is -0.459 e. The van der Waals surface area contributed by atoms with Crippen LogP contribution in [0.15, 0.2) is 27.3 Å². The smallest absolute Gasteiger partial charge is 0.328 e. The first-order valence-electron chi connectivity index (χ1n) is 3.91. The number of nitrogens with zero attached hydrogens (tertiary/aromatic N) is 2. The molecule has 0 unspecified atom stereocenters. The molecule has 14 heavy (non-hydrogen) atoms. The topological polar surface area (TPSA) is 81.2 Å². The van der Waals surface area contributed by atoms with E-state index in [0.29, 0.717) is 5.82 Å². The van der Waals surface area contributed by atoms with Gasteiger partial charge in [-0.25, -0.2) is 0 Å². The van der Waals surface area contributed by atoms with Crippen LogP contribution in [0.5, 0.6) is 0 Å². The number of rotatable bonds is 2. The van der Waals surface area contributed by atoms with Gasteiger partial charge in [-0.2, -0.15) is 4.98 Å². The number of aryl methyl sites for hydroxylation is 1. The lowest BCUT2D eigenvalue weighted by Crippen LogP contribution is -2.10. The molecule has 0 saturated carbocycles. The lowest BCUT2D eigenvalue weighted by molar-refractivity contribution is 0.0993. The second kappa shape index (κ2) is 3.33. The fraction of sp³-hybridized carbons (Fsp3) is 0.125. The zero-order valence-electron chi connectivity index (χ0n) is 7.35. The SMILES string of the molecule is Cc1noc(NC(=O)c2ccco2)n1. The molecule has 72 valence electrons. The number of carbonyl (C=O) groups is 1. The first kappa shape index (κ1) is 8.49.